The molecule has 1 aliphatic rings. The van der Waals surface area contributed by atoms with Gasteiger partial charge in [-0.2, -0.15) is 0 Å². The number of nitrogens with one attached hydrogen (secondary N) is 1. The summed E-state index contributed by atoms with van der Waals surface area (Å²) < 4.78 is 13.7. The summed E-state index contributed by atoms with van der Waals surface area (Å²) in [5, 5.41) is 14.6. The molecule has 1 aromatic rings. The number of piperazine rings is 1. The number of halogens is 1. The average molecular weight is 309 g/mol. The molecule has 1 atom stereocenters. The quantitative estimate of drug-likeness (QED) is 0.648. The van der Waals surface area contributed by atoms with Crippen LogP contribution in [0, 0.1) is 21.8 Å². The van der Waals surface area contributed by atoms with E-state index >= 15 is 0 Å². The van der Waals surface area contributed by atoms with Crippen LogP contribution in [0.4, 0.5) is 10.1 Å². The Bertz CT molecular complexity index is 516. The molecule has 1 fully saturated rings. The molecule has 0 aromatic heterocycles. The van der Waals surface area contributed by atoms with E-state index < -0.39 is 10.7 Å². The van der Waals surface area contributed by atoms with Crippen LogP contribution in [0.5, 0.6) is 0 Å². The van der Waals surface area contributed by atoms with E-state index in [1.165, 1.54) is 18.2 Å². The Kier molecular flexibility index (Phi) is 5.85. The van der Waals surface area contributed by atoms with Gasteiger partial charge in [-0.05, 0) is 30.9 Å². The van der Waals surface area contributed by atoms with Crippen LogP contribution in [0.2, 0.25) is 0 Å². The Morgan fingerprint density at radius 1 is 1.32 bits per heavy atom. The Labute approximate surface area is 130 Å². The Hall–Kier alpha value is -1.53. The normalized spacial score (nSPS) is 17.6. The Balaban J connectivity index is 2.34. The van der Waals surface area contributed by atoms with E-state index in [1.807, 2.05) is 0 Å². The van der Waals surface area contributed by atoms with Crippen molar-refractivity contribution in [3.63, 3.8) is 0 Å². The second-order valence-corrected chi connectivity index (χ2v) is 6.23. The lowest BCUT2D eigenvalue weighted by molar-refractivity contribution is -0.386. The van der Waals surface area contributed by atoms with Crippen LogP contribution < -0.4 is 5.32 Å². The standard InChI is InChI=1S/C16H24FN3O2/c1-12(2)3-5-15(19-9-7-18-8-10-19)14-11-13(17)4-6-16(14)20(21)22/h4,6,11-12,15,18H,3,5,7-10H2,1-2H3/t15-/m0/s1. The highest BCUT2D eigenvalue weighted by molar-refractivity contribution is 5.42. The first-order chi connectivity index (χ1) is 10.5. The number of hydrogen-bond donors (Lipinski definition) is 1. The number of nitrogens with zero attached hydrogens (tertiary/aromatic N) is 2. The van der Waals surface area contributed by atoms with Crippen molar-refractivity contribution in [3.8, 4) is 0 Å². The van der Waals surface area contributed by atoms with E-state index in [4.69, 9.17) is 0 Å². The highest BCUT2D eigenvalue weighted by Gasteiger charge is 2.28. The fourth-order valence-electron chi connectivity index (χ4n) is 2.98. The van der Waals surface area contributed by atoms with Crippen molar-refractivity contribution in [1.29, 1.82) is 0 Å². The van der Waals surface area contributed by atoms with Crippen molar-refractivity contribution in [3.05, 3.63) is 39.7 Å². The van der Waals surface area contributed by atoms with E-state index in [-0.39, 0.29) is 11.7 Å². The van der Waals surface area contributed by atoms with E-state index in [2.05, 4.69) is 24.1 Å². The number of benzene rings is 1. The third-order valence-corrected chi connectivity index (χ3v) is 4.16. The molecule has 5 nitrogen and oxygen atoms in total. The molecule has 1 N–H and O–H groups in total. The summed E-state index contributed by atoms with van der Waals surface area (Å²) in [7, 11) is 0. The minimum Gasteiger partial charge on any atom is -0.314 e. The first kappa shape index (κ1) is 16.8. The molecule has 1 saturated heterocycles. The van der Waals surface area contributed by atoms with Crippen LogP contribution in [0.25, 0.3) is 0 Å². The van der Waals surface area contributed by atoms with Crippen LogP contribution in [0.15, 0.2) is 18.2 Å². The zero-order chi connectivity index (χ0) is 16.1. The van der Waals surface area contributed by atoms with Gasteiger partial charge in [0.05, 0.1) is 4.92 Å². The molecule has 0 unspecified atom stereocenters. The number of nitro groups is 1. The summed E-state index contributed by atoms with van der Waals surface area (Å²) in [6.07, 6.45) is 1.77. The maximum atomic E-state index is 13.7. The molecule has 22 heavy (non-hydrogen) atoms. The SMILES string of the molecule is CC(C)CC[C@@H](c1cc(F)ccc1[N+](=O)[O-])N1CCNCC1. The molecule has 1 aromatic carbocycles. The van der Waals surface area contributed by atoms with Crippen LogP contribution in [-0.2, 0) is 0 Å². The molecular weight excluding hydrogens is 285 g/mol. The zero-order valence-corrected chi connectivity index (χ0v) is 13.2. The van der Waals surface area contributed by atoms with Crippen molar-refractivity contribution in [2.75, 3.05) is 26.2 Å². The van der Waals surface area contributed by atoms with Crippen LogP contribution in [0.1, 0.15) is 38.3 Å². The molecule has 0 amide bonds. The van der Waals surface area contributed by atoms with Gasteiger partial charge in [-0.3, -0.25) is 15.0 Å². The topological polar surface area (TPSA) is 58.4 Å². The van der Waals surface area contributed by atoms with Crippen molar-refractivity contribution in [2.24, 2.45) is 5.92 Å². The molecule has 122 valence electrons. The second-order valence-electron chi connectivity index (χ2n) is 6.23. The molecule has 0 saturated carbocycles. The number of rotatable bonds is 6. The van der Waals surface area contributed by atoms with Crippen LogP contribution >= 0.6 is 0 Å². The van der Waals surface area contributed by atoms with Gasteiger partial charge in [0.25, 0.3) is 5.69 Å². The first-order valence-corrected chi connectivity index (χ1v) is 7.87. The van der Waals surface area contributed by atoms with Gasteiger partial charge < -0.3 is 5.32 Å². The Morgan fingerprint density at radius 2 is 2.00 bits per heavy atom. The third kappa shape index (κ3) is 4.24. The molecule has 2 rings (SSSR count). The maximum Gasteiger partial charge on any atom is 0.274 e. The Morgan fingerprint density at radius 3 is 2.59 bits per heavy atom. The van der Waals surface area contributed by atoms with Gasteiger partial charge in [0.1, 0.15) is 5.82 Å². The van der Waals surface area contributed by atoms with Crippen LogP contribution in [0.3, 0.4) is 0 Å². The minimum atomic E-state index is -0.412. The molecule has 1 aliphatic heterocycles. The summed E-state index contributed by atoms with van der Waals surface area (Å²) in [6.45, 7) is 7.65. The predicted molar refractivity (Wildman–Crippen MR) is 84.3 cm³/mol. The highest BCUT2D eigenvalue weighted by Crippen LogP contribution is 2.34. The van der Waals surface area contributed by atoms with Crippen molar-refractivity contribution >= 4 is 5.69 Å². The molecular formula is C16H24FN3O2. The largest absolute Gasteiger partial charge is 0.314 e. The van der Waals surface area contributed by atoms with E-state index in [0.717, 1.165) is 39.0 Å². The summed E-state index contributed by atoms with van der Waals surface area (Å²) in [5.74, 6) is 0.100. The van der Waals surface area contributed by atoms with E-state index in [0.29, 0.717) is 11.5 Å². The fraction of sp³-hybridized carbons (Fsp3) is 0.625. The fourth-order valence-corrected chi connectivity index (χ4v) is 2.98. The summed E-state index contributed by atoms with van der Waals surface area (Å²) in [4.78, 5) is 13.1. The first-order valence-electron chi connectivity index (χ1n) is 7.87. The molecule has 0 radical (unpaired) electrons. The minimum absolute atomic E-state index is 0.0219. The van der Waals surface area contributed by atoms with Gasteiger partial charge in [0.15, 0.2) is 0 Å². The highest BCUT2D eigenvalue weighted by atomic mass is 19.1. The van der Waals surface area contributed by atoms with Crippen molar-refractivity contribution < 1.29 is 9.31 Å². The van der Waals surface area contributed by atoms with Crippen molar-refractivity contribution in [1.82, 2.24) is 10.2 Å². The maximum absolute atomic E-state index is 13.7. The van der Waals surface area contributed by atoms with Gasteiger partial charge >= 0.3 is 0 Å². The van der Waals surface area contributed by atoms with Gasteiger partial charge in [-0.15, -0.1) is 0 Å². The predicted octanol–water partition coefficient (Wildman–Crippen LogP) is 3.12. The number of nitro benzene ring substituents is 1. The lowest BCUT2D eigenvalue weighted by Crippen LogP contribution is -2.45. The lowest BCUT2D eigenvalue weighted by Gasteiger charge is -2.35. The smallest absolute Gasteiger partial charge is 0.274 e. The van der Waals surface area contributed by atoms with E-state index in [1.54, 1.807) is 0 Å². The van der Waals surface area contributed by atoms with Crippen molar-refractivity contribution in [2.45, 2.75) is 32.7 Å². The summed E-state index contributed by atoms with van der Waals surface area (Å²) >= 11 is 0. The lowest BCUT2D eigenvalue weighted by atomic mass is 9.94. The van der Waals surface area contributed by atoms with Crippen LogP contribution in [-0.4, -0.2) is 36.0 Å². The van der Waals surface area contributed by atoms with Gasteiger partial charge in [0.2, 0.25) is 0 Å². The zero-order valence-electron chi connectivity index (χ0n) is 13.2. The molecule has 1 heterocycles. The average Bonchev–Trinajstić information content (AvgIpc) is 2.48. The third-order valence-electron chi connectivity index (χ3n) is 4.16. The molecule has 0 aliphatic carbocycles. The van der Waals surface area contributed by atoms with E-state index in [9.17, 15) is 14.5 Å². The van der Waals surface area contributed by atoms with Gasteiger partial charge in [-0.25, -0.2) is 4.39 Å². The molecule has 0 bridgehead atoms. The molecule has 6 heteroatoms. The summed E-state index contributed by atoms with van der Waals surface area (Å²) in [6, 6.07) is 3.69. The molecule has 0 spiro atoms. The number of hydrogen-bond acceptors (Lipinski definition) is 4. The summed E-state index contributed by atoms with van der Waals surface area (Å²) in [5.41, 5.74) is 0.529. The monoisotopic (exact) mass is 309 g/mol. The van der Waals surface area contributed by atoms with Gasteiger partial charge in [-0.1, -0.05) is 13.8 Å². The van der Waals surface area contributed by atoms with Gasteiger partial charge in [0, 0.05) is 43.9 Å². The second kappa shape index (κ2) is 7.65.